The molecule has 0 bridgehead atoms. The summed E-state index contributed by atoms with van der Waals surface area (Å²) in [5.41, 5.74) is 11.0. The molecule has 0 saturated heterocycles. The van der Waals surface area contributed by atoms with Crippen molar-refractivity contribution >= 4 is 0 Å². The van der Waals surface area contributed by atoms with Crippen LogP contribution in [0.4, 0.5) is 0 Å². The molecule has 1 saturated carbocycles. The van der Waals surface area contributed by atoms with Crippen LogP contribution in [-0.4, -0.2) is 10.1 Å². The molecule has 2 aliphatic rings. The topological polar surface area (TPSA) is 64.9 Å². The highest BCUT2D eigenvalue weighted by atomic mass is 16.5. The summed E-state index contributed by atoms with van der Waals surface area (Å²) in [4.78, 5) is 4.71. The van der Waals surface area contributed by atoms with Crippen molar-refractivity contribution in [2.24, 2.45) is 5.73 Å². The van der Waals surface area contributed by atoms with E-state index in [-0.39, 0.29) is 5.41 Å². The molecule has 0 radical (unpaired) electrons. The molecule has 25 heavy (non-hydrogen) atoms. The number of hydrogen-bond acceptors (Lipinski definition) is 4. The third-order valence-electron chi connectivity index (χ3n) is 5.89. The Balaban J connectivity index is 1.44. The lowest BCUT2D eigenvalue weighted by molar-refractivity contribution is 0.367. The van der Waals surface area contributed by atoms with Crippen LogP contribution in [0.3, 0.4) is 0 Å². The normalized spacial score (nSPS) is 24.3. The quantitative estimate of drug-likeness (QED) is 0.789. The first-order chi connectivity index (χ1) is 12.3. The maximum absolute atomic E-state index is 5.66. The lowest BCUT2D eigenvalue weighted by Gasteiger charge is -2.25. The van der Waals surface area contributed by atoms with E-state index in [4.69, 9.17) is 15.2 Å². The summed E-state index contributed by atoms with van der Waals surface area (Å²) in [5.74, 6) is 1.82. The summed E-state index contributed by atoms with van der Waals surface area (Å²) < 4.78 is 5.66. The Kier molecular flexibility index (Phi) is 3.28. The highest BCUT2D eigenvalue weighted by Crippen LogP contribution is 2.65. The smallest absolute Gasteiger partial charge is 0.231 e. The molecule has 1 spiro atoms. The van der Waals surface area contributed by atoms with E-state index in [9.17, 15) is 0 Å². The molecule has 2 aliphatic carbocycles. The number of fused-ring (bicyclic) bond motifs is 2. The van der Waals surface area contributed by atoms with Gasteiger partial charge in [0.2, 0.25) is 11.7 Å². The molecule has 2 N–H and O–H groups in total. The Morgan fingerprint density at radius 1 is 1.12 bits per heavy atom. The molecule has 0 amide bonds. The fourth-order valence-electron chi connectivity index (χ4n) is 4.44. The van der Waals surface area contributed by atoms with Crippen molar-refractivity contribution in [1.29, 1.82) is 0 Å². The minimum atomic E-state index is 0.224. The van der Waals surface area contributed by atoms with Gasteiger partial charge in [-0.15, -0.1) is 0 Å². The highest BCUT2D eigenvalue weighted by Gasteiger charge is 2.59. The number of aromatic nitrogens is 2. The zero-order valence-corrected chi connectivity index (χ0v) is 14.1. The number of benzene rings is 2. The summed E-state index contributed by atoms with van der Waals surface area (Å²) in [5, 5.41) is 4.22. The molecule has 2 atom stereocenters. The van der Waals surface area contributed by atoms with Gasteiger partial charge in [0, 0.05) is 23.4 Å². The molecule has 2 aromatic carbocycles. The lowest BCUT2D eigenvalue weighted by atomic mass is 9.78. The van der Waals surface area contributed by atoms with Gasteiger partial charge in [0.05, 0.1) is 0 Å². The minimum Gasteiger partial charge on any atom is -0.339 e. The van der Waals surface area contributed by atoms with Crippen LogP contribution in [0.15, 0.2) is 53.1 Å². The number of nitrogens with two attached hydrogens (primary N) is 1. The summed E-state index contributed by atoms with van der Waals surface area (Å²) >= 11 is 0. The first-order valence-electron chi connectivity index (χ1n) is 9.01. The molecular weight excluding hydrogens is 310 g/mol. The molecular formula is C21H21N3O. The van der Waals surface area contributed by atoms with Crippen molar-refractivity contribution in [2.75, 3.05) is 0 Å². The molecule has 1 aromatic heterocycles. The fourth-order valence-corrected chi connectivity index (χ4v) is 4.44. The van der Waals surface area contributed by atoms with Crippen LogP contribution < -0.4 is 5.73 Å². The molecule has 2 unspecified atom stereocenters. The van der Waals surface area contributed by atoms with Gasteiger partial charge in [0.1, 0.15) is 0 Å². The van der Waals surface area contributed by atoms with Gasteiger partial charge >= 0.3 is 0 Å². The molecule has 1 heterocycles. The zero-order valence-electron chi connectivity index (χ0n) is 14.1. The third kappa shape index (κ3) is 2.32. The third-order valence-corrected chi connectivity index (χ3v) is 5.89. The van der Waals surface area contributed by atoms with E-state index in [0.29, 0.717) is 18.3 Å². The van der Waals surface area contributed by atoms with Crippen molar-refractivity contribution in [3.63, 3.8) is 0 Å². The predicted octanol–water partition coefficient (Wildman–Crippen LogP) is 3.96. The van der Waals surface area contributed by atoms with E-state index in [1.54, 1.807) is 0 Å². The Labute approximate surface area is 147 Å². The van der Waals surface area contributed by atoms with Crippen LogP contribution >= 0.6 is 0 Å². The summed E-state index contributed by atoms with van der Waals surface area (Å²) in [7, 11) is 0. The second-order valence-corrected chi connectivity index (χ2v) is 7.28. The number of aryl methyl sites for hydroxylation is 1. The van der Waals surface area contributed by atoms with Crippen molar-refractivity contribution in [3.05, 3.63) is 71.1 Å². The van der Waals surface area contributed by atoms with E-state index in [1.807, 2.05) is 24.3 Å². The molecule has 5 rings (SSSR count). The van der Waals surface area contributed by atoms with Gasteiger partial charge < -0.3 is 10.3 Å². The summed E-state index contributed by atoms with van der Waals surface area (Å²) in [6, 6.07) is 16.9. The van der Waals surface area contributed by atoms with Crippen LogP contribution in [0.25, 0.3) is 11.4 Å². The maximum atomic E-state index is 5.66. The van der Waals surface area contributed by atoms with Gasteiger partial charge in [-0.25, -0.2) is 0 Å². The summed E-state index contributed by atoms with van der Waals surface area (Å²) in [6.07, 6.45) is 4.78. The fraction of sp³-hybridized carbons (Fsp3) is 0.333. The highest BCUT2D eigenvalue weighted by molar-refractivity contribution is 5.55. The van der Waals surface area contributed by atoms with E-state index in [1.165, 1.54) is 30.4 Å². The molecule has 126 valence electrons. The van der Waals surface area contributed by atoms with Crippen molar-refractivity contribution in [3.8, 4) is 11.4 Å². The van der Waals surface area contributed by atoms with Gasteiger partial charge in [0.15, 0.2) is 0 Å². The van der Waals surface area contributed by atoms with E-state index >= 15 is 0 Å². The molecule has 1 fully saturated rings. The number of rotatable bonds is 3. The van der Waals surface area contributed by atoms with Gasteiger partial charge in [-0.2, -0.15) is 4.98 Å². The van der Waals surface area contributed by atoms with Gasteiger partial charge in [-0.3, -0.25) is 0 Å². The predicted molar refractivity (Wildman–Crippen MR) is 96.0 cm³/mol. The monoisotopic (exact) mass is 331 g/mol. The van der Waals surface area contributed by atoms with Gasteiger partial charge in [-0.1, -0.05) is 53.7 Å². The Morgan fingerprint density at radius 2 is 1.96 bits per heavy atom. The number of nitrogens with zero attached hydrogens (tertiary/aromatic N) is 2. The molecule has 4 heteroatoms. The second kappa shape index (κ2) is 5.53. The largest absolute Gasteiger partial charge is 0.339 e. The van der Waals surface area contributed by atoms with E-state index in [0.717, 1.165) is 23.4 Å². The van der Waals surface area contributed by atoms with E-state index < -0.39 is 0 Å². The SMILES string of the molecule is NCc1ccc(-c2noc(C3CC34CCCc3ccccc34)n2)cc1. The average Bonchev–Trinajstić information content (AvgIpc) is 3.16. The Bertz CT molecular complexity index is 915. The van der Waals surface area contributed by atoms with Crippen LogP contribution in [0.5, 0.6) is 0 Å². The summed E-state index contributed by atoms with van der Waals surface area (Å²) in [6.45, 7) is 0.543. The zero-order chi connectivity index (χ0) is 16.9. The first-order valence-corrected chi connectivity index (χ1v) is 9.01. The van der Waals surface area contributed by atoms with Crippen LogP contribution in [0.1, 0.15) is 47.8 Å². The molecule has 0 aliphatic heterocycles. The van der Waals surface area contributed by atoms with Crippen LogP contribution in [-0.2, 0) is 18.4 Å². The average molecular weight is 331 g/mol. The van der Waals surface area contributed by atoms with E-state index in [2.05, 4.69) is 29.4 Å². The number of hydrogen-bond donors (Lipinski definition) is 1. The Hall–Kier alpha value is -2.46. The van der Waals surface area contributed by atoms with Crippen molar-refractivity contribution in [2.45, 2.75) is 43.6 Å². The molecule has 4 nitrogen and oxygen atoms in total. The van der Waals surface area contributed by atoms with Gasteiger partial charge in [-0.05, 0) is 42.4 Å². The Morgan fingerprint density at radius 3 is 2.80 bits per heavy atom. The first kappa shape index (κ1) is 14.8. The second-order valence-electron chi connectivity index (χ2n) is 7.28. The maximum Gasteiger partial charge on any atom is 0.231 e. The lowest BCUT2D eigenvalue weighted by Crippen LogP contribution is -2.18. The van der Waals surface area contributed by atoms with Crippen molar-refractivity contribution < 1.29 is 4.52 Å². The van der Waals surface area contributed by atoms with Crippen molar-refractivity contribution in [1.82, 2.24) is 10.1 Å². The van der Waals surface area contributed by atoms with Crippen LogP contribution in [0.2, 0.25) is 0 Å². The molecule has 3 aromatic rings. The minimum absolute atomic E-state index is 0.224. The van der Waals surface area contributed by atoms with Crippen LogP contribution in [0, 0.1) is 0 Å². The van der Waals surface area contributed by atoms with Gasteiger partial charge in [0.25, 0.3) is 0 Å². The standard InChI is InChI=1S/C21H21N3O/c22-13-14-7-9-16(10-8-14)19-23-20(25-24-19)18-12-21(18)11-3-5-15-4-1-2-6-17(15)21/h1-2,4,6-10,18H,3,5,11-13,22H2.